The van der Waals surface area contributed by atoms with Gasteiger partial charge in [-0.15, -0.1) is 21.5 Å². The Labute approximate surface area is 109 Å². The molecule has 0 saturated heterocycles. The van der Waals surface area contributed by atoms with Gasteiger partial charge in [0, 0.05) is 12.5 Å². The number of nitrogens with zero attached hydrogens (tertiary/aromatic N) is 4. The summed E-state index contributed by atoms with van der Waals surface area (Å²) in [5.41, 5.74) is 0. The summed E-state index contributed by atoms with van der Waals surface area (Å²) in [7, 11) is 0. The van der Waals surface area contributed by atoms with Gasteiger partial charge in [0.1, 0.15) is 0 Å². The monoisotopic (exact) mass is 265 g/mol. The van der Waals surface area contributed by atoms with Gasteiger partial charge >= 0.3 is 0 Å². The first-order valence-electron chi connectivity index (χ1n) is 5.76. The number of carbonyl (C=O) groups is 1. The fraction of sp³-hybridized carbons (Fsp3) is 0.455. The highest BCUT2D eigenvalue weighted by molar-refractivity contribution is 7.13. The van der Waals surface area contributed by atoms with Crippen LogP contribution in [-0.4, -0.2) is 32.2 Å². The van der Waals surface area contributed by atoms with Crippen LogP contribution < -0.4 is 5.32 Å². The quantitative estimate of drug-likeness (QED) is 0.885. The number of amides is 1. The van der Waals surface area contributed by atoms with Crippen molar-refractivity contribution in [1.29, 1.82) is 0 Å². The Balaban J connectivity index is 1.89. The first kappa shape index (κ1) is 12.7. The van der Waals surface area contributed by atoms with Crippen LogP contribution in [0.2, 0.25) is 0 Å². The van der Waals surface area contributed by atoms with E-state index in [4.69, 9.17) is 0 Å². The Morgan fingerprint density at radius 1 is 1.56 bits per heavy atom. The molecule has 7 heteroatoms. The predicted molar refractivity (Wildman–Crippen MR) is 69.0 cm³/mol. The van der Waals surface area contributed by atoms with E-state index in [1.165, 1.54) is 4.80 Å². The number of hydrogen-bond donors (Lipinski definition) is 1. The lowest BCUT2D eigenvalue weighted by Crippen LogP contribution is -2.30. The molecular weight excluding hydrogens is 250 g/mol. The molecule has 2 rings (SSSR count). The van der Waals surface area contributed by atoms with Crippen LogP contribution in [0.4, 0.5) is 0 Å². The number of aromatic nitrogens is 4. The molecule has 1 N–H and O–H groups in total. The summed E-state index contributed by atoms with van der Waals surface area (Å²) in [6.45, 7) is 4.30. The highest BCUT2D eigenvalue weighted by Crippen LogP contribution is 2.19. The Bertz CT molecular complexity index is 505. The van der Waals surface area contributed by atoms with E-state index in [9.17, 15) is 4.79 Å². The van der Waals surface area contributed by atoms with Gasteiger partial charge in [-0.1, -0.05) is 6.07 Å². The maximum atomic E-state index is 11.5. The molecule has 96 valence electrons. The molecule has 0 radical (unpaired) electrons. The summed E-state index contributed by atoms with van der Waals surface area (Å²) in [4.78, 5) is 13.9. The zero-order valence-corrected chi connectivity index (χ0v) is 11.1. The summed E-state index contributed by atoms with van der Waals surface area (Å²) in [6.07, 6.45) is 0.360. The van der Waals surface area contributed by atoms with Crippen LogP contribution in [0.1, 0.15) is 20.3 Å². The lowest BCUT2D eigenvalue weighted by atomic mass is 10.3. The molecule has 0 unspecified atom stereocenters. The smallest absolute Gasteiger partial charge is 0.222 e. The van der Waals surface area contributed by atoms with Crippen molar-refractivity contribution in [3.63, 3.8) is 0 Å². The minimum Gasteiger partial charge on any atom is -0.354 e. The van der Waals surface area contributed by atoms with Crippen molar-refractivity contribution in [2.45, 2.75) is 32.9 Å². The molecule has 18 heavy (non-hydrogen) atoms. The van der Waals surface area contributed by atoms with E-state index >= 15 is 0 Å². The molecule has 0 aliphatic rings. The first-order chi connectivity index (χ1) is 8.65. The van der Waals surface area contributed by atoms with E-state index in [0.717, 1.165) is 4.88 Å². The van der Waals surface area contributed by atoms with Gasteiger partial charge in [-0.2, -0.15) is 4.80 Å². The van der Waals surface area contributed by atoms with Crippen LogP contribution in [-0.2, 0) is 11.3 Å². The van der Waals surface area contributed by atoms with E-state index in [1.807, 2.05) is 31.4 Å². The molecule has 0 bridgehead atoms. The molecule has 2 aromatic heterocycles. The molecule has 0 atom stereocenters. The van der Waals surface area contributed by atoms with Crippen LogP contribution in [0.3, 0.4) is 0 Å². The third-order valence-electron chi connectivity index (χ3n) is 2.18. The highest BCUT2D eigenvalue weighted by Gasteiger charge is 2.08. The van der Waals surface area contributed by atoms with Crippen LogP contribution in [0, 0.1) is 0 Å². The molecule has 0 aliphatic carbocycles. The molecule has 2 heterocycles. The van der Waals surface area contributed by atoms with Crippen molar-refractivity contribution >= 4 is 17.2 Å². The number of hydrogen-bond acceptors (Lipinski definition) is 5. The van der Waals surface area contributed by atoms with Gasteiger partial charge in [0.15, 0.2) is 0 Å². The fourth-order valence-electron chi connectivity index (χ4n) is 1.44. The van der Waals surface area contributed by atoms with E-state index in [2.05, 4.69) is 20.7 Å². The SMILES string of the molecule is CC(C)NC(=O)CCn1nnc(-c2cccs2)n1. The largest absolute Gasteiger partial charge is 0.354 e. The lowest BCUT2D eigenvalue weighted by Gasteiger charge is -2.06. The van der Waals surface area contributed by atoms with Crippen molar-refractivity contribution in [3.05, 3.63) is 17.5 Å². The Hall–Kier alpha value is -1.76. The summed E-state index contributed by atoms with van der Waals surface area (Å²) in [5.74, 6) is 0.606. The molecular formula is C11H15N5OS. The van der Waals surface area contributed by atoms with Crippen LogP contribution in [0.25, 0.3) is 10.7 Å². The van der Waals surface area contributed by atoms with Gasteiger partial charge in [-0.25, -0.2) is 0 Å². The third kappa shape index (κ3) is 3.36. The number of rotatable bonds is 5. The summed E-state index contributed by atoms with van der Waals surface area (Å²) in [5, 5.41) is 16.9. The average molecular weight is 265 g/mol. The van der Waals surface area contributed by atoms with Gasteiger partial charge in [-0.05, 0) is 30.5 Å². The van der Waals surface area contributed by atoms with E-state index in [0.29, 0.717) is 18.8 Å². The van der Waals surface area contributed by atoms with E-state index in [1.54, 1.807) is 11.3 Å². The molecule has 1 amide bonds. The highest BCUT2D eigenvalue weighted by atomic mass is 32.1. The molecule has 0 spiro atoms. The number of thiophene rings is 1. The minimum absolute atomic E-state index is 0.0000244. The molecule has 2 aromatic rings. The van der Waals surface area contributed by atoms with Crippen molar-refractivity contribution < 1.29 is 4.79 Å². The zero-order chi connectivity index (χ0) is 13.0. The first-order valence-corrected chi connectivity index (χ1v) is 6.64. The third-order valence-corrected chi connectivity index (χ3v) is 3.05. The topological polar surface area (TPSA) is 72.7 Å². The molecule has 6 nitrogen and oxygen atoms in total. The van der Waals surface area contributed by atoms with Crippen LogP contribution in [0.5, 0.6) is 0 Å². The number of nitrogens with one attached hydrogen (secondary N) is 1. The Morgan fingerprint density at radius 2 is 2.39 bits per heavy atom. The van der Waals surface area contributed by atoms with Crippen LogP contribution in [0.15, 0.2) is 17.5 Å². The predicted octanol–water partition coefficient (Wildman–Crippen LogP) is 1.32. The van der Waals surface area contributed by atoms with Crippen molar-refractivity contribution in [2.75, 3.05) is 0 Å². The average Bonchev–Trinajstić information content (AvgIpc) is 2.96. The number of carbonyl (C=O) groups excluding carboxylic acids is 1. The minimum atomic E-state index is -0.0000244. The van der Waals surface area contributed by atoms with Gasteiger partial charge in [0.05, 0.1) is 11.4 Å². The second-order valence-electron chi connectivity index (χ2n) is 4.16. The maximum Gasteiger partial charge on any atom is 0.222 e. The maximum absolute atomic E-state index is 11.5. The second-order valence-corrected chi connectivity index (χ2v) is 5.11. The number of aryl methyl sites for hydroxylation is 1. The van der Waals surface area contributed by atoms with Gasteiger partial charge < -0.3 is 5.32 Å². The molecule has 0 saturated carbocycles. The number of tetrazole rings is 1. The van der Waals surface area contributed by atoms with Gasteiger partial charge in [-0.3, -0.25) is 4.79 Å². The Kier molecular flexibility index (Phi) is 4.03. The summed E-state index contributed by atoms with van der Waals surface area (Å²) >= 11 is 1.56. The van der Waals surface area contributed by atoms with Crippen LogP contribution >= 0.6 is 11.3 Å². The van der Waals surface area contributed by atoms with Gasteiger partial charge in [0.2, 0.25) is 11.7 Å². The standard InChI is InChI=1S/C11H15N5OS/c1-8(2)12-10(17)5-6-16-14-11(13-15-16)9-4-3-7-18-9/h3-4,7-8H,5-6H2,1-2H3,(H,12,17). The van der Waals surface area contributed by atoms with E-state index in [-0.39, 0.29) is 11.9 Å². The van der Waals surface area contributed by atoms with Crippen molar-refractivity contribution in [2.24, 2.45) is 0 Å². The molecule has 0 aliphatic heterocycles. The summed E-state index contributed by atoms with van der Waals surface area (Å²) < 4.78 is 0. The molecule has 0 fully saturated rings. The van der Waals surface area contributed by atoms with Crippen molar-refractivity contribution in [3.8, 4) is 10.7 Å². The fourth-order valence-corrected chi connectivity index (χ4v) is 2.09. The summed E-state index contributed by atoms with van der Waals surface area (Å²) in [6, 6.07) is 4.04. The lowest BCUT2D eigenvalue weighted by molar-refractivity contribution is -0.121. The van der Waals surface area contributed by atoms with Crippen molar-refractivity contribution in [1.82, 2.24) is 25.5 Å². The van der Waals surface area contributed by atoms with Gasteiger partial charge in [0.25, 0.3) is 0 Å². The second kappa shape index (κ2) is 5.72. The normalized spacial score (nSPS) is 10.8. The Morgan fingerprint density at radius 3 is 3.06 bits per heavy atom. The molecule has 0 aromatic carbocycles. The van der Waals surface area contributed by atoms with E-state index < -0.39 is 0 Å². The zero-order valence-electron chi connectivity index (χ0n) is 10.3.